The van der Waals surface area contributed by atoms with Gasteiger partial charge in [0.2, 0.25) is 0 Å². The Morgan fingerprint density at radius 3 is 2.81 bits per heavy atom. The molecule has 1 amide bonds. The van der Waals surface area contributed by atoms with E-state index in [0.717, 1.165) is 9.35 Å². The summed E-state index contributed by atoms with van der Waals surface area (Å²) >= 11 is 4.79. The lowest BCUT2D eigenvalue weighted by molar-refractivity contribution is 0.0960. The Hall–Kier alpha value is -0.200. The molecule has 1 aromatic heterocycles. The summed E-state index contributed by atoms with van der Waals surface area (Å²) in [5, 5.41) is 2.76. The first-order chi connectivity index (χ1) is 7.54. The third kappa shape index (κ3) is 3.99. The second-order valence-corrected chi connectivity index (χ2v) is 7.49. The quantitative estimate of drug-likeness (QED) is 0.903. The van der Waals surface area contributed by atoms with E-state index in [4.69, 9.17) is 0 Å². The van der Waals surface area contributed by atoms with Gasteiger partial charge < -0.3 is 5.32 Å². The van der Waals surface area contributed by atoms with E-state index in [0.29, 0.717) is 22.9 Å². The van der Waals surface area contributed by atoms with Gasteiger partial charge in [-0.15, -0.1) is 11.3 Å². The third-order valence-corrected chi connectivity index (χ3v) is 5.46. The van der Waals surface area contributed by atoms with Crippen LogP contribution in [0.3, 0.4) is 0 Å². The fourth-order valence-electron chi connectivity index (χ4n) is 1.08. The predicted octanol–water partition coefficient (Wildman–Crippen LogP) is 2.32. The number of thiophene rings is 1. The van der Waals surface area contributed by atoms with Crippen LogP contribution < -0.4 is 5.32 Å². The monoisotopic (exact) mass is 323 g/mol. The van der Waals surface area contributed by atoms with Crippen molar-refractivity contribution in [3.8, 4) is 0 Å². The van der Waals surface area contributed by atoms with Gasteiger partial charge in [-0.2, -0.15) is 0 Å². The maximum Gasteiger partial charge on any atom is 0.261 e. The van der Waals surface area contributed by atoms with Gasteiger partial charge in [0.25, 0.3) is 5.91 Å². The van der Waals surface area contributed by atoms with Gasteiger partial charge in [-0.05, 0) is 34.5 Å². The minimum absolute atomic E-state index is 0.0908. The van der Waals surface area contributed by atoms with Crippen molar-refractivity contribution in [2.45, 2.75) is 13.8 Å². The normalized spacial score (nSPS) is 12.4. The largest absolute Gasteiger partial charge is 0.350 e. The molecule has 0 aliphatic heterocycles. The molecule has 1 unspecified atom stereocenters. The van der Waals surface area contributed by atoms with E-state index in [2.05, 4.69) is 21.2 Å². The summed E-state index contributed by atoms with van der Waals surface area (Å²) in [5.41, 5.74) is 1.06. The number of hydrogen-bond donors (Lipinski definition) is 1. The minimum Gasteiger partial charge on any atom is -0.350 e. The Bertz CT molecular complexity index is 384. The fourth-order valence-corrected chi connectivity index (χ4v) is 3.15. The van der Waals surface area contributed by atoms with Crippen LogP contribution in [-0.2, 0) is 10.8 Å². The number of carbonyl (C=O) groups excluding carboxylic acids is 1. The van der Waals surface area contributed by atoms with Gasteiger partial charge >= 0.3 is 0 Å². The number of nitrogens with one attached hydrogen (secondary N) is 1. The summed E-state index contributed by atoms with van der Waals surface area (Å²) in [6.07, 6.45) is 0. The highest BCUT2D eigenvalue weighted by molar-refractivity contribution is 9.11. The first-order valence-electron chi connectivity index (χ1n) is 4.93. The molecule has 0 aliphatic rings. The highest BCUT2D eigenvalue weighted by atomic mass is 79.9. The molecule has 0 saturated carbocycles. The van der Waals surface area contributed by atoms with E-state index in [1.54, 1.807) is 0 Å². The van der Waals surface area contributed by atoms with Gasteiger partial charge in [0.15, 0.2) is 0 Å². The summed E-state index contributed by atoms with van der Waals surface area (Å²) in [5.74, 6) is 1.07. The standard InChI is InChI=1S/C10H14BrNO2S2/c1-3-16(14)5-4-12-10(13)8-6-7(2)9(11)15-8/h6H,3-5H2,1-2H3,(H,12,13). The summed E-state index contributed by atoms with van der Waals surface area (Å²) in [4.78, 5) is 12.3. The lowest BCUT2D eigenvalue weighted by Gasteiger charge is -2.02. The first-order valence-corrected chi connectivity index (χ1v) is 8.03. The van der Waals surface area contributed by atoms with Crippen LogP contribution in [0, 0.1) is 6.92 Å². The van der Waals surface area contributed by atoms with Gasteiger partial charge in [0.05, 0.1) is 8.66 Å². The molecule has 0 aliphatic carbocycles. The van der Waals surface area contributed by atoms with Gasteiger partial charge in [-0.25, -0.2) is 0 Å². The zero-order chi connectivity index (χ0) is 12.1. The van der Waals surface area contributed by atoms with Crippen molar-refractivity contribution in [3.05, 3.63) is 20.3 Å². The van der Waals surface area contributed by atoms with Crippen LogP contribution in [0.15, 0.2) is 9.85 Å². The van der Waals surface area contributed by atoms with E-state index in [-0.39, 0.29) is 5.91 Å². The van der Waals surface area contributed by atoms with Gasteiger partial charge in [-0.3, -0.25) is 9.00 Å². The van der Waals surface area contributed by atoms with E-state index in [9.17, 15) is 9.00 Å². The van der Waals surface area contributed by atoms with Crippen molar-refractivity contribution in [2.24, 2.45) is 0 Å². The summed E-state index contributed by atoms with van der Waals surface area (Å²) in [6, 6.07) is 1.85. The topological polar surface area (TPSA) is 46.2 Å². The molecule has 6 heteroatoms. The molecule has 1 atom stereocenters. The molecule has 0 radical (unpaired) electrons. The maximum absolute atomic E-state index is 11.7. The zero-order valence-electron chi connectivity index (χ0n) is 9.21. The molecule has 1 N–H and O–H groups in total. The molecule has 0 saturated heterocycles. The van der Waals surface area contributed by atoms with Crippen molar-refractivity contribution in [1.29, 1.82) is 0 Å². The van der Waals surface area contributed by atoms with Crippen molar-refractivity contribution < 1.29 is 9.00 Å². The number of carbonyl (C=O) groups is 1. The molecule has 0 spiro atoms. The summed E-state index contributed by atoms with van der Waals surface area (Å²) < 4.78 is 12.1. The molecule has 16 heavy (non-hydrogen) atoms. The smallest absolute Gasteiger partial charge is 0.261 e. The Balaban J connectivity index is 2.44. The second-order valence-electron chi connectivity index (χ2n) is 3.26. The molecule has 1 rings (SSSR count). The van der Waals surface area contributed by atoms with Crippen LogP contribution in [0.2, 0.25) is 0 Å². The van der Waals surface area contributed by atoms with Crippen LogP contribution >= 0.6 is 27.3 Å². The van der Waals surface area contributed by atoms with E-state index >= 15 is 0 Å². The number of rotatable bonds is 5. The highest BCUT2D eigenvalue weighted by Gasteiger charge is 2.10. The predicted molar refractivity (Wildman–Crippen MR) is 72.6 cm³/mol. The molecule has 0 aromatic carbocycles. The third-order valence-electron chi connectivity index (χ3n) is 2.02. The molecule has 3 nitrogen and oxygen atoms in total. The molecular formula is C10H14BrNO2S2. The van der Waals surface area contributed by atoms with Crippen molar-refractivity contribution in [2.75, 3.05) is 18.1 Å². The number of halogens is 1. The number of aryl methyl sites for hydroxylation is 1. The van der Waals surface area contributed by atoms with Crippen molar-refractivity contribution in [1.82, 2.24) is 5.32 Å². The van der Waals surface area contributed by atoms with Crippen molar-refractivity contribution in [3.63, 3.8) is 0 Å². The lowest BCUT2D eigenvalue weighted by atomic mass is 10.3. The molecule has 1 heterocycles. The van der Waals surface area contributed by atoms with Gasteiger partial charge in [0.1, 0.15) is 0 Å². The van der Waals surface area contributed by atoms with Crippen LogP contribution in [-0.4, -0.2) is 28.2 Å². The fraction of sp³-hybridized carbons (Fsp3) is 0.500. The Morgan fingerprint density at radius 1 is 1.62 bits per heavy atom. The molecule has 0 fully saturated rings. The van der Waals surface area contributed by atoms with E-state index in [1.807, 2.05) is 19.9 Å². The average Bonchev–Trinajstić information content (AvgIpc) is 2.59. The molecule has 1 aromatic rings. The van der Waals surface area contributed by atoms with Gasteiger partial charge in [-0.1, -0.05) is 6.92 Å². The Kier molecular flexibility index (Phi) is 5.64. The second kappa shape index (κ2) is 6.51. The van der Waals surface area contributed by atoms with Gasteiger partial charge in [0, 0.05) is 28.9 Å². The first kappa shape index (κ1) is 13.9. The average molecular weight is 324 g/mol. The van der Waals surface area contributed by atoms with Crippen LogP contribution in [0.4, 0.5) is 0 Å². The minimum atomic E-state index is -0.820. The maximum atomic E-state index is 11.7. The lowest BCUT2D eigenvalue weighted by Crippen LogP contribution is -2.27. The van der Waals surface area contributed by atoms with E-state index < -0.39 is 10.8 Å². The van der Waals surface area contributed by atoms with Crippen LogP contribution in [0.5, 0.6) is 0 Å². The molecular weight excluding hydrogens is 310 g/mol. The molecule has 90 valence electrons. The van der Waals surface area contributed by atoms with Crippen molar-refractivity contribution >= 4 is 44.0 Å². The Morgan fingerprint density at radius 2 is 2.31 bits per heavy atom. The zero-order valence-corrected chi connectivity index (χ0v) is 12.4. The van der Waals surface area contributed by atoms with E-state index in [1.165, 1.54) is 11.3 Å². The van der Waals surface area contributed by atoms with Crippen LogP contribution in [0.25, 0.3) is 0 Å². The number of hydrogen-bond acceptors (Lipinski definition) is 3. The summed E-state index contributed by atoms with van der Waals surface area (Å²) in [6.45, 7) is 4.29. The van der Waals surface area contributed by atoms with Crippen LogP contribution in [0.1, 0.15) is 22.2 Å². The highest BCUT2D eigenvalue weighted by Crippen LogP contribution is 2.26. The number of amides is 1. The SMILES string of the molecule is CCS(=O)CCNC(=O)c1cc(C)c(Br)s1. The molecule has 0 bridgehead atoms. The Labute approximate surface area is 110 Å². The summed E-state index contributed by atoms with van der Waals surface area (Å²) in [7, 11) is -0.820.